The lowest BCUT2D eigenvalue weighted by Gasteiger charge is -2.07. The second-order valence-electron chi connectivity index (χ2n) is 3.70. The van der Waals surface area contributed by atoms with Gasteiger partial charge in [-0.1, -0.05) is 29.8 Å². The molecule has 100 valence electrons. The molecule has 0 aliphatic heterocycles. The van der Waals surface area contributed by atoms with Crippen LogP contribution in [0, 0.1) is 0 Å². The topological polar surface area (TPSA) is 51.2 Å². The Morgan fingerprint density at radius 3 is 3.00 bits per heavy atom. The molecule has 2 aromatic rings. The summed E-state index contributed by atoms with van der Waals surface area (Å²) in [5, 5.41) is 4.55. The third-order valence-electron chi connectivity index (χ3n) is 2.43. The predicted octanol–water partition coefficient (Wildman–Crippen LogP) is 3.59. The first-order valence-electron chi connectivity index (χ1n) is 5.80. The van der Waals surface area contributed by atoms with Crippen LogP contribution in [-0.2, 0) is 11.3 Å². The molecule has 1 aromatic heterocycles. The average molecular weight is 297 g/mol. The summed E-state index contributed by atoms with van der Waals surface area (Å²) in [6.45, 7) is 2.63. The molecule has 1 N–H and O–H groups in total. The summed E-state index contributed by atoms with van der Waals surface area (Å²) in [5.41, 5.74) is 2.90. The molecule has 0 aliphatic rings. The van der Waals surface area contributed by atoms with Gasteiger partial charge in [0.2, 0.25) is 0 Å². The minimum atomic E-state index is -0.412. The Kier molecular flexibility index (Phi) is 4.76. The third-order valence-corrected chi connectivity index (χ3v) is 3.59. The zero-order valence-corrected chi connectivity index (χ0v) is 11.9. The van der Waals surface area contributed by atoms with E-state index in [9.17, 15) is 4.79 Å². The molecule has 0 atom stereocenters. The quantitative estimate of drug-likeness (QED) is 0.857. The number of rotatable bonds is 5. The molecule has 0 bridgehead atoms. The molecule has 0 saturated carbocycles. The van der Waals surface area contributed by atoms with Gasteiger partial charge in [0.1, 0.15) is 5.00 Å². The number of nitrogens with one attached hydrogen (secondary N) is 1. The second kappa shape index (κ2) is 6.54. The van der Waals surface area contributed by atoms with Gasteiger partial charge in [-0.2, -0.15) is 0 Å². The summed E-state index contributed by atoms with van der Waals surface area (Å²) in [6, 6.07) is 7.56. The van der Waals surface area contributed by atoms with Crippen molar-refractivity contribution in [1.29, 1.82) is 0 Å². The Morgan fingerprint density at radius 2 is 2.26 bits per heavy atom. The highest BCUT2D eigenvalue weighted by Gasteiger charge is 2.15. The number of esters is 1. The Labute approximate surface area is 120 Å². The van der Waals surface area contributed by atoms with Crippen molar-refractivity contribution in [2.45, 2.75) is 13.5 Å². The van der Waals surface area contributed by atoms with Crippen LogP contribution < -0.4 is 5.32 Å². The molecular weight excluding hydrogens is 284 g/mol. The van der Waals surface area contributed by atoms with Gasteiger partial charge in [0.25, 0.3) is 0 Å². The van der Waals surface area contributed by atoms with Gasteiger partial charge < -0.3 is 10.1 Å². The summed E-state index contributed by atoms with van der Waals surface area (Å²) >= 11 is 7.44. The van der Waals surface area contributed by atoms with Gasteiger partial charge in [-0.25, -0.2) is 9.78 Å². The number of thiazole rings is 1. The lowest BCUT2D eigenvalue weighted by Crippen LogP contribution is -2.09. The van der Waals surface area contributed by atoms with Gasteiger partial charge in [-0.15, -0.1) is 11.3 Å². The highest BCUT2D eigenvalue weighted by Crippen LogP contribution is 2.23. The molecule has 1 heterocycles. The largest absolute Gasteiger partial charge is 0.461 e. The summed E-state index contributed by atoms with van der Waals surface area (Å²) in [6.07, 6.45) is 0. The van der Waals surface area contributed by atoms with Crippen LogP contribution in [0.4, 0.5) is 5.00 Å². The molecule has 0 unspecified atom stereocenters. The first kappa shape index (κ1) is 13.8. The normalized spacial score (nSPS) is 10.2. The number of hydrogen-bond donors (Lipinski definition) is 1. The minimum absolute atomic E-state index is 0.318. The van der Waals surface area contributed by atoms with Crippen LogP contribution in [0.2, 0.25) is 5.02 Å². The molecule has 6 heteroatoms. The van der Waals surface area contributed by atoms with Gasteiger partial charge in [0, 0.05) is 11.6 Å². The van der Waals surface area contributed by atoms with Crippen molar-refractivity contribution in [2.24, 2.45) is 0 Å². The first-order chi connectivity index (χ1) is 9.22. The number of anilines is 1. The molecule has 1 aromatic carbocycles. The van der Waals surface area contributed by atoms with E-state index in [4.69, 9.17) is 16.3 Å². The molecular formula is C13H13ClN2O2S. The first-order valence-corrected chi connectivity index (χ1v) is 7.06. The Bertz CT molecular complexity index is 571. The number of benzene rings is 1. The zero-order chi connectivity index (χ0) is 13.7. The standard InChI is InChI=1S/C13H13ClN2O2S/c1-2-18-13(17)11-12(19-8-16-11)15-7-9-5-3-4-6-10(9)14/h3-6,8,15H,2,7H2,1H3. The maximum Gasteiger partial charge on any atom is 0.360 e. The fourth-order valence-corrected chi connectivity index (χ4v) is 2.40. The van der Waals surface area contributed by atoms with Crippen LogP contribution in [0.5, 0.6) is 0 Å². The Hall–Kier alpha value is -1.59. The van der Waals surface area contributed by atoms with Gasteiger partial charge >= 0.3 is 5.97 Å². The second-order valence-corrected chi connectivity index (χ2v) is 4.96. The Morgan fingerprint density at radius 1 is 1.47 bits per heavy atom. The van der Waals surface area contributed by atoms with Gasteiger partial charge in [-0.05, 0) is 18.6 Å². The van der Waals surface area contributed by atoms with Crippen molar-refractivity contribution in [3.63, 3.8) is 0 Å². The number of aromatic nitrogens is 1. The molecule has 0 radical (unpaired) electrons. The number of hydrogen-bond acceptors (Lipinski definition) is 5. The molecule has 0 saturated heterocycles. The molecule has 0 amide bonds. The lowest BCUT2D eigenvalue weighted by atomic mass is 10.2. The van der Waals surface area contributed by atoms with Crippen LogP contribution in [-0.4, -0.2) is 17.6 Å². The van der Waals surface area contributed by atoms with E-state index in [1.54, 1.807) is 12.4 Å². The van der Waals surface area contributed by atoms with Crippen LogP contribution in [0.1, 0.15) is 23.0 Å². The fourth-order valence-electron chi connectivity index (χ4n) is 1.53. The molecule has 0 spiro atoms. The number of carbonyl (C=O) groups excluding carboxylic acids is 1. The van der Waals surface area contributed by atoms with Crippen molar-refractivity contribution in [3.05, 3.63) is 46.1 Å². The van der Waals surface area contributed by atoms with E-state index in [2.05, 4.69) is 10.3 Å². The zero-order valence-electron chi connectivity index (χ0n) is 10.4. The summed E-state index contributed by atoms with van der Waals surface area (Å²) in [4.78, 5) is 15.7. The summed E-state index contributed by atoms with van der Waals surface area (Å²) < 4.78 is 4.94. The number of halogens is 1. The van der Waals surface area contributed by atoms with E-state index in [1.807, 2.05) is 24.3 Å². The SMILES string of the molecule is CCOC(=O)c1ncsc1NCc1ccccc1Cl. The van der Waals surface area contributed by atoms with E-state index in [1.165, 1.54) is 11.3 Å². The fraction of sp³-hybridized carbons (Fsp3) is 0.231. The molecule has 4 nitrogen and oxygen atoms in total. The number of ether oxygens (including phenoxy) is 1. The molecule has 19 heavy (non-hydrogen) atoms. The van der Waals surface area contributed by atoms with E-state index in [-0.39, 0.29) is 0 Å². The smallest absolute Gasteiger partial charge is 0.360 e. The third kappa shape index (κ3) is 3.45. The van der Waals surface area contributed by atoms with Crippen molar-refractivity contribution in [1.82, 2.24) is 4.98 Å². The van der Waals surface area contributed by atoms with Crippen LogP contribution in [0.25, 0.3) is 0 Å². The van der Waals surface area contributed by atoms with Gasteiger partial charge in [-0.3, -0.25) is 0 Å². The van der Waals surface area contributed by atoms with Crippen molar-refractivity contribution >= 4 is 33.9 Å². The van der Waals surface area contributed by atoms with Gasteiger partial charge in [0.15, 0.2) is 5.69 Å². The lowest BCUT2D eigenvalue weighted by molar-refractivity contribution is 0.0521. The van der Waals surface area contributed by atoms with Crippen LogP contribution >= 0.6 is 22.9 Å². The van der Waals surface area contributed by atoms with E-state index < -0.39 is 5.97 Å². The maximum atomic E-state index is 11.7. The van der Waals surface area contributed by atoms with Crippen molar-refractivity contribution in [2.75, 3.05) is 11.9 Å². The van der Waals surface area contributed by atoms with Crippen LogP contribution in [0.15, 0.2) is 29.8 Å². The molecule has 0 fully saturated rings. The van der Waals surface area contributed by atoms with Crippen molar-refractivity contribution < 1.29 is 9.53 Å². The van der Waals surface area contributed by atoms with E-state index >= 15 is 0 Å². The molecule has 2 rings (SSSR count). The van der Waals surface area contributed by atoms with Gasteiger partial charge in [0.05, 0.1) is 12.1 Å². The minimum Gasteiger partial charge on any atom is -0.461 e. The summed E-state index contributed by atoms with van der Waals surface area (Å²) in [5.74, 6) is -0.412. The average Bonchev–Trinajstić information content (AvgIpc) is 2.86. The maximum absolute atomic E-state index is 11.7. The highest BCUT2D eigenvalue weighted by atomic mass is 35.5. The number of nitrogens with zero attached hydrogens (tertiary/aromatic N) is 1. The Balaban J connectivity index is 2.06. The highest BCUT2D eigenvalue weighted by molar-refractivity contribution is 7.14. The van der Waals surface area contributed by atoms with Crippen molar-refractivity contribution in [3.8, 4) is 0 Å². The number of carbonyl (C=O) groups is 1. The molecule has 0 aliphatic carbocycles. The monoisotopic (exact) mass is 296 g/mol. The summed E-state index contributed by atoms with van der Waals surface area (Å²) in [7, 11) is 0. The van der Waals surface area contributed by atoms with Crippen LogP contribution in [0.3, 0.4) is 0 Å². The van der Waals surface area contributed by atoms with E-state index in [0.29, 0.717) is 28.9 Å². The predicted molar refractivity (Wildman–Crippen MR) is 76.8 cm³/mol. The van der Waals surface area contributed by atoms with E-state index in [0.717, 1.165) is 5.56 Å².